The largest absolute Gasteiger partial charge is 0.493 e. The van der Waals surface area contributed by atoms with Crippen molar-refractivity contribution in [2.45, 2.75) is 64.2 Å². The Balaban J connectivity index is 1.86. The van der Waals surface area contributed by atoms with E-state index in [9.17, 15) is 9.59 Å². The maximum Gasteiger partial charge on any atom is 0.303 e. The number of ether oxygens (including phenoxy) is 1. The molecule has 0 fully saturated rings. The highest BCUT2D eigenvalue weighted by atomic mass is 35.5. The standard InChI is InChI=1S/C20H30ClNO4/c21-17-10-12-18(13-11-17)26-16-14-19(23)22-15-8-6-4-2-1-3-5-7-9-20(24)25/h10-13H,1-9,14-16H2,(H,22,23)(H,24,25). The van der Waals surface area contributed by atoms with Gasteiger partial charge in [-0.05, 0) is 37.1 Å². The number of carbonyl (C=O) groups excluding carboxylic acids is 1. The third kappa shape index (κ3) is 12.6. The number of amides is 1. The molecule has 0 aromatic heterocycles. The molecule has 0 radical (unpaired) electrons. The Labute approximate surface area is 161 Å². The number of unbranched alkanes of at least 4 members (excludes halogenated alkanes) is 7. The summed E-state index contributed by atoms with van der Waals surface area (Å²) in [5, 5.41) is 12.1. The van der Waals surface area contributed by atoms with Gasteiger partial charge >= 0.3 is 5.97 Å². The molecule has 0 spiro atoms. The predicted octanol–water partition coefficient (Wildman–Crippen LogP) is 4.82. The zero-order valence-electron chi connectivity index (χ0n) is 15.3. The van der Waals surface area contributed by atoms with E-state index in [-0.39, 0.29) is 12.3 Å². The second kappa shape index (κ2) is 14.4. The molecule has 2 N–H and O–H groups in total. The molecule has 0 saturated carbocycles. The summed E-state index contributed by atoms with van der Waals surface area (Å²) in [7, 11) is 0. The first kappa shape index (κ1) is 22.3. The third-order valence-electron chi connectivity index (χ3n) is 4.05. The van der Waals surface area contributed by atoms with Gasteiger partial charge in [0.15, 0.2) is 0 Å². The first-order valence-corrected chi connectivity index (χ1v) is 9.82. The number of carboxylic acid groups (broad SMARTS) is 1. The lowest BCUT2D eigenvalue weighted by Crippen LogP contribution is -2.25. The fourth-order valence-corrected chi connectivity index (χ4v) is 2.70. The maximum atomic E-state index is 11.7. The molecule has 0 unspecified atom stereocenters. The Hall–Kier alpha value is -1.75. The van der Waals surface area contributed by atoms with Crippen LogP contribution in [0.5, 0.6) is 5.75 Å². The molecule has 1 amide bonds. The van der Waals surface area contributed by atoms with Gasteiger partial charge in [0, 0.05) is 18.0 Å². The summed E-state index contributed by atoms with van der Waals surface area (Å²) in [5.41, 5.74) is 0. The van der Waals surface area contributed by atoms with Crippen molar-refractivity contribution in [1.29, 1.82) is 0 Å². The summed E-state index contributed by atoms with van der Waals surface area (Å²) in [6.45, 7) is 1.06. The van der Waals surface area contributed by atoms with Crippen molar-refractivity contribution in [3.8, 4) is 5.75 Å². The molecule has 146 valence electrons. The zero-order chi connectivity index (χ0) is 19.0. The molecular formula is C20H30ClNO4. The molecule has 5 nitrogen and oxygen atoms in total. The van der Waals surface area contributed by atoms with Gasteiger partial charge < -0.3 is 15.2 Å². The number of aliphatic carboxylic acids is 1. The van der Waals surface area contributed by atoms with Crippen LogP contribution >= 0.6 is 11.6 Å². The number of benzene rings is 1. The van der Waals surface area contributed by atoms with Crippen LogP contribution in [0.4, 0.5) is 0 Å². The van der Waals surface area contributed by atoms with E-state index < -0.39 is 5.97 Å². The second-order valence-electron chi connectivity index (χ2n) is 6.37. The zero-order valence-corrected chi connectivity index (χ0v) is 16.1. The molecule has 1 rings (SSSR count). The lowest BCUT2D eigenvalue weighted by molar-refractivity contribution is -0.137. The molecule has 0 aliphatic heterocycles. The van der Waals surface area contributed by atoms with Gasteiger partial charge in [-0.15, -0.1) is 0 Å². The van der Waals surface area contributed by atoms with Gasteiger partial charge in [0.25, 0.3) is 0 Å². The van der Waals surface area contributed by atoms with Crippen molar-refractivity contribution in [3.63, 3.8) is 0 Å². The van der Waals surface area contributed by atoms with E-state index in [4.69, 9.17) is 21.4 Å². The van der Waals surface area contributed by atoms with Crippen molar-refractivity contribution in [2.75, 3.05) is 13.2 Å². The number of rotatable bonds is 15. The fraction of sp³-hybridized carbons (Fsp3) is 0.600. The molecule has 0 aliphatic rings. The van der Waals surface area contributed by atoms with Crippen LogP contribution in [0.1, 0.15) is 64.2 Å². The molecule has 1 aromatic carbocycles. The molecule has 26 heavy (non-hydrogen) atoms. The van der Waals surface area contributed by atoms with Crippen LogP contribution in [0.2, 0.25) is 5.02 Å². The number of hydrogen-bond donors (Lipinski definition) is 2. The van der Waals surface area contributed by atoms with E-state index in [1.807, 2.05) is 0 Å². The van der Waals surface area contributed by atoms with Gasteiger partial charge in [-0.1, -0.05) is 50.1 Å². The van der Waals surface area contributed by atoms with E-state index in [1.165, 1.54) is 6.42 Å². The monoisotopic (exact) mass is 383 g/mol. The first-order chi connectivity index (χ1) is 12.6. The number of hydrogen-bond acceptors (Lipinski definition) is 3. The summed E-state index contributed by atoms with van der Waals surface area (Å²) in [5.74, 6) is 0.0196. The van der Waals surface area contributed by atoms with Crippen LogP contribution in [0.25, 0.3) is 0 Å². The topological polar surface area (TPSA) is 75.6 Å². The molecule has 6 heteroatoms. The van der Waals surface area contributed by atoms with Gasteiger partial charge in [0.2, 0.25) is 5.91 Å². The number of carboxylic acids is 1. The van der Waals surface area contributed by atoms with Crippen molar-refractivity contribution >= 4 is 23.5 Å². The van der Waals surface area contributed by atoms with Crippen molar-refractivity contribution in [2.24, 2.45) is 0 Å². The van der Waals surface area contributed by atoms with Crippen molar-refractivity contribution in [1.82, 2.24) is 5.32 Å². The minimum atomic E-state index is -0.705. The summed E-state index contributed by atoms with van der Waals surface area (Å²) in [6, 6.07) is 7.08. The molecule has 0 aliphatic carbocycles. The summed E-state index contributed by atoms with van der Waals surface area (Å²) in [4.78, 5) is 22.1. The highest BCUT2D eigenvalue weighted by molar-refractivity contribution is 6.30. The van der Waals surface area contributed by atoms with E-state index >= 15 is 0 Å². The van der Waals surface area contributed by atoms with Crippen molar-refractivity contribution in [3.05, 3.63) is 29.3 Å². The molecule has 1 aromatic rings. The first-order valence-electron chi connectivity index (χ1n) is 9.45. The smallest absolute Gasteiger partial charge is 0.303 e. The Bertz CT molecular complexity index is 519. The minimum Gasteiger partial charge on any atom is -0.493 e. The lowest BCUT2D eigenvalue weighted by atomic mass is 10.1. The van der Waals surface area contributed by atoms with E-state index in [0.29, 0.717) is 30.3 Å². The van der Waals surface area contributed by atoms with Gasteiger partial charge in [0.05, 0.1) is 13.0 Å². The van der Waals surface area contributed by atoms with Crippen LogP contribution in [0, 0.1) is 0 Å². The lowest BCUT2D eigenvalue weighted by Gasteiger charge is -2.07. The van der Waals surface area contributed by atoms with E-state index in [2.05, 4.69) is 5.32 Å². The van der Waals surface area contributed by atoms with Crippen LogP contribution in [-0.2, 0) is 9.59 Å². The Morgan fingerprint density at radius 1 is 0.885 bits per heavy atom. The molecule has 0 bridgehead atoms. The Morgan fingerprint density at radius 3 is 2.08 bits per heavy atom. The Morgan fingerprint density at radius 2 is 1.46 bits per heavy atom. The Kier molecular flexibility index (Phi) is 12.4. The minimum absolute atomic E-state index is 0.0115. The molecular weight excluding hydrogens is 354 g/mol. The second-order valence-corrected chi connectivity index (χ2v) is 6.81. The van der Waals surface area contributed by atoms with Crippen molar-refractivity contribution < 1.29 is 19.4 Å². The molecule has 0 heterocycles. The van der Waals surface area contributed by atoms with Gasteiger partial charge in [-0.25, -0.2) is 0 Å². The number of halogens is 1. The average molecular weight is 384 g/mol. The van der Waals surface area contributed by atoms with Gasteiger partial charge in [-0.2, -0.15) is 0 Å². The maximum absolute atomic E-state index is 11.7. The quantitative estimate of drug-likeness (QED) is 0.426. The number of carbonyl (C=O) groups is 2. The molecule has 0 saturated heterocycles. The highest BCUT2D eigenvalue weighted by Gasteiger charge is 2.02. The van der Waals surface area contributed by atoms with Crippen LogP contribution in [0.15, 0.2) is 24.3 Å². The fourth-order valence-electron chi connectivity index (χ4n) is 2.57. The van der Waals surface area contributed by atoms with E-state index in [0.717, 1.165) is 44.9 Å². The predicted molar refractivity (Wildman–Crippen MR) is 104 cm³/mol. The highest BCUT2D eigenvalue weighted by Crippen LogP contribution is 2.15. The van der Waals surface area contributed by atoms with Crippen LogP contribution < -0.4 is 10.1 Å². The number of nitrogens with one attached hydrogen (secondary N) is 1. The third-order valence-corrected chi connectivity index (χ3v) is 4.30. The summed E-state index contributed by atoms with van der Waals surface area (Å²) < 4.78 is 5.49. The van der Waals surface area contributed by atoms with Crippen LogP contribution in [-0.4, -0.2) is 30.1 Å². The summed E-state index contributed by atoms with van der Waals surface area (Å²) >= 11 is 5.80. The average Bonchev–Trinajstić information content (AvgIpc) is 2.61. The SMILES string of the molecule is O=C(O)CCCCCCCCCCNC(=O)CCOc1ccc(Cl)cc1. The van der Waals surface area contributed by atoms with Crippen LogP contribution in [0.3, 0.4) is 0 Å². The summed E-state index contributed by atoms with van der Waals surface area (Å²) in [6.07, 6.45) is 9.11. The van der Waals surface area contributed by atoms with Gasteiger partial charge in [0.1, 0.15) is 5.75 Å². The molecule has 0 atom stereocenters. The normalized spacial score (nSPS) is 10.5. The van der Waals surface area contributed by atoms with Gasteiger partial charge in [-0.3, -0.25) is 9.59 Å². The van der Waals surface area contributed by atoms with E-state index in [1.54, 1.807) is 24.3 Å².